The first-order valence-electron chi connectivity index (χ1n) is 5.27. The predicted octanol–water partition coefficient (Wildman–Crippen LogP) is 0.826. The second-order valence-electron chi connectivity index (χ2n) is 3.46. The van der Waals surface area contributed by atoms with E-state index in [1.54, 1.807) is 6.20 Å². The van der Waals surface area contributed by atoms with Crippen LogP contribution in [0.3, 0.4) is 0 Å². The third-order valence-corrected chi connectivity index (χ3v) is 2.26. The van der Waals surface area contributed by atoms with Gasteiger partial charge in [0, 0.05) is 12.7 Å². The molecule has 1 unspecified atom stereocenters. The van der Waals surface area contributed by atoms with Crippen LogP contribution in [0, 0.1) is 6.92 Å². The lowest BCUT2D eigenvalue weighted by Gasteiger charge is -2.13. The highest BCUT2D eigenvalue weighted by Gasteiger charge is 2.15. The summed E-state index contributed by atoms with van der Waals surface area (Å²) in [6.45, 7) is 4.30. The minimum absolute atomic E-state index is 0.242. The summed E-state index contributed by atoms with van der Waals surface area (Å²) in [5.41, 5.74) is 0.870. The van der Waals surface area contributed by atoms with Crippen LogP contribution >= 0.6 is 0 Å². The molecule has 0 aliphatic carbocycles. The molecule has 1 aromatic rings. The zero-order chi connectivity index (χ0) is 12.0. The molecule has 0 spiro atoms. The number of carbonyl (C=O) groups is 1. The Balaban J connectivity index is 2.52. The van der Waals surface area contributed by atoms with E-state index in [9.17, 15) is 4.79 Å². The summed E-state index contributed by atoms with van der Waals surface area (Å²) in [7, 11) is 1.39. The molecule has 1 rings (SSSR count). The smallest absolute Gasteiger partial charge is 0.322 e. The molecule has 0 bridgehead atoms. The van der Waals surface area contributed by atoms with E-state index in [1.807, 2.05) is 19.9 Å². The normalized spacial score (nSPS) is 12.2. The Kier molecular flexibility index (Phi) is 4.85. The van der Waals surface area contributed by atoms with Crippen LogP contribution in [0.4, 0.5) is 0 Å². The molecule has 0 saturated carbocycles. The molecular formula is C11H17N3O2. The molecule has 0 aliphatic heterocycles. The lowest BCUT2D eigenvalue weighted by molar-refractivity contribution is -0.143. The molecule has 0 amide bonds. The van der Waals surface area contributed by atoms with E-state index in [0.717, 1.165) is 11.5 Å². The standard InChI is InChI=1S/C11H17N3O2/c1-4-10(11(15)16-3)13-7-9-5-6-12-8(2)14-9/h5-6,10,13H,4,7H2,1-3H3. The Morgan fingerprint density at radius 2 is 2.38 bits per heavy atom. The molecule has 1 N–H and O–H groups in total. The maximum atomic E-state index is 11.3. The molecule has 5 nitrogen and oxygen atoms in total. The summed E-state index contributed by atoms with van der Waals surface area (Å²) in [4.78, 5) is 19.6. The van der Waals surface area contributed by atoms with Gasteiger partial charge in [-0.25, -0.2) is 9.97 Å². The molecule has 16 heavy (non-hydrogen) atoms. The summed E-state index contributed by atoms with van der Waals surface area (Å²) in [5, 5.41) is 3.10. The number of ether oxygens (including phenoxy) is 1. The van der Waals surface area contributed by atoms with Crippen molar-refractivity contribution in [3.63, 3.8) is 0 Å². The van der Waals surface area contributed by atoms with Crippen LogP contribution in [0.15, 0.2) is 12.3 Å². The molecule has 1 aromatic heterocycles. The largest absolute Gasteiger partial charge is 0.468 e. The number of aromatic nitrogens is 2. The number of esters is 1. The lowest BCUT2D eigenvalue weighted by atomic mass is 10.2. The van der Waals surface area contributed by atoms with Gasteiger partial charge in [-0.15, -0.1) is 0 Å². The molecule has 1 atom stereocenters. The van der Waals surface area contributed by atoms with E-state index in [2.05, 4.69) is 20.0 Å². The van der Waals surface area contributed by atoms with Gasteiger partial charge >= 0.3 is 5.97 Å². The van der Waals surface area contributed by atoms with Crippen LogP contribution in [0.1, 0.15) is 24.9 Å². The van der Waals surface area contributed by atoms with Crippen LogP contribution in [-0.2, 0) is 16.1 Å². The molecule has 1 heterocycles. The molecule has 5 heteroatoms. The van der Waals surface area contributed by atoms with Crippen molar-refractivity contribution in [2.24, 2.45) is 0 Å². The number of hydrogen-bond acceptors (Lipinski definition) is 5. The molecular weight excluding hydrogens is 206 g/mol. The highest BCUT2D eigenvalue weighted by molar-refractivity contribution is 5.75. The van der Waals surface area contributed by atoms with Crippen molar-refractivity contribution < 1.29 is 9.53 Å². The number of methoxy groups -OCH3 is 1. The van der Waals surface area contributed by atoms with Crippen molar-refractivity contribution in [1.29, 1.82) is 0 Å². The molecule has 88 valence electrons. The average molecular weight is 223 g/mol. The lowest BCUT2D eigenvalue weighted by Crippen LogP contribution is -2.36. The summed E-state index contributed by atoms with van der Waals surface area (Å²) in [6, 6.07) is 1.55. The van der Waals surface area contributed by atoms with Gasteiger partial charge in [-0.05, 0) is 19.4 Å². The monoisotopic (exact) mass is 223 g/mol. The van der Waals surface area contributed by atoms with Crippen molar-refractivity contribution in [3.8, 4) is 0 Å². The molecule has 0 fully saturated rings. The molecule has 0 aromatic carbocycles. The van der Waals surface area contributed by atoms with Gasteiger partial charge in [0.25, 0.3) is 0 Å². The number of nitrogens with one attached hydrogen (secondary N) is 1. The van der Waals surface area contributed by atoms with Crippen molar-refractivity contribution >= 4 is 5.97 Å². The fraction of sp³-hybridized carbons (Fsp3) is 0.545. The SMILES string of the molecule is CCC(NCc1ccnc(C)n1)C(=O)OC. The van der Waals surface area contributed by atoms with E-state index in [0.29, 0.717) is 13.0 Å². The first kappa shape index (κ1) is 12.6. The van der Waals surface area contributed by atoms with Crippen LogP contribution in [0.5, 0.6) is 0 Å². The summed E-state index contributed by atoms with van der Waals surface area (Å²) >= 11 is 0. The van der Waals surface area contributed by atoms with E-state index in [-0.39, 0.29) is 12.0 Å². The van der Waals surface area contributed by atoms with Gasteiger partial charge in [0.05, 0.1) is 12.8 Å². The van der Waals surface area contributed by atoms with Gasteiger partial charge in [0.1, 0.15) is 11.9 Å². The molecule has 0 radical (unpaired) electrons. The topological polar surface area (TPSA) is 64.1 Å². The van der Waals surface area contributed by atoms with Crippen molar-refractivity contribution in [2.75, 3.05) is 7.11 Å². The maximum Gasteiger partial charge on any atom is 0.322 e. The van der Waals surface area contributed by atoms with Crippen molar-refractivity contribution in [1.82, 2.24) is 15.3 Å². The quantitative estimate of drug-likeness (QED) is 0.749. The average Bonchev–Trinajstić information content (AvgIpc) is 2.29. The zero-order valence-corrected chi connectivity index (χ0v) is 9.86. The van der Waals surface area contributed by atoms with E-state index >= 15 is 0 Å². The number of carbonyl (C=O) groups excluding carboxylic acids is 1. The van der Waals surface area contributed by atoms with Gasteiger partial charge < -0.3 is 4.74 Å². The second kappa shape index (κ2) is 6.17. The number of nitrogens with zero attached hydrogens (tertiary/aromatic N) is 2. The van der Waals surface area contributed by atoms with E-state index in [1.165, 1.54) is 7.11 Å². The molecule has 0 aliphatic rings. The molecule has 0 saturated heterocycles. The Hall–Kier alpha value is -1.49. The highest BCUT2D eigenvalue weighted by atomic mass is 16.5. The minimum atomic E-state index is -0.278. The Labute approximate surface area is 95.3 Å². The zero-order valence-electron chi connectivity index (χ0n) is 9.86. The third-order valence-electron chi connectivity index (χ3n) is 2.26. The fourth-order valence-electron chi connectivity index (χ4n) is 1.37. The van der Waals surface area contributed by atoms with Gasteiger partial charge in [-0.2, -0.15) is 0 Å². The van der Waals surface area contributed by atoms with Crippen LogP contribution in [0.25, 0.3) is 0 Å². The van der Waals surface area contributed by atoms with Gasteiger partial charge in [0.15, 0.2) is 0 Å². The van der Waals surface area contributed by atoms with E-state index in [4.69, 9.17) is 0 Å². The van der Waals surface area contributed by atoms with Crippen molar-refractivity contribution in [3.05, 3.63) is 23.8 Å². The van der Waals surface area contributed by atoms with E-state index < -0.39 is 0 Å². The Bertz CT molecular complexity index is 355. The number of hydrogen-bond donors (Lipinski definition) is 1. The van der Waals surface area contributed by atoms with Crippen LogP contribution in [-0.4, -0.2) is 29.1 Å². The van der Waals surface area contributed by atoms with Crippen molar-refractivity contribution in [2.45, 2.75) is 32.9 Å². The summed E-state index contributed by atoms with van der Waals surface area (Å²) in [6.07, 6.45) is 2.40. The van der Waals surface area contributed by atoms with Gasteiger partial charge in [0.2, 0.25) is 0 Å². The Morgan fingerprint density at radius 1 is 1.62 bits per heavy atom. The second-order valence-corrected chi connectivity index (χ2v) is 3.46. The first-order valence-corrected chi connectivity index (χ1v) is 5.27. The maximum absolute atomic E-state index is 11.3. The minimum Gasteiger partial charge on any atom is -0.468 e. The Morgan fingerprint density at radius 3 is 2.94 bits per heavy atom. The summed E-state index contributed by atoms with van der Waals surface area (Å²) in [5.74, 6) is 0.485. The predicted molar refractivity (Wildman–Crippen MR) is 59.7 cm³/mol. The van der Waals surface area contributed by atoms with Crippen LogP contribution in [0.2, 0.25) is 0 Å². The van der Waals surface area contributed by atoms with Gasteiger partial charge in [-0.1, -0.05) is 6.92 Å². The van der Waals surface area contributed by atoms with Gasteiger partial charge in [-0.3, -0.25) is 10.1 Å². The number of aryl methyl sites for hydroxylation is 1. The highest BCUT2D eigenvalue weighted by Crippen LogP contribution is 1.98. The fourth-order valence-corrected chi connectivity index (χ4v) is 1.37. The third kappa shape index (κ3) is 3.58. The van der Waals surface area contributed by atoms with Crippen LogP contribution < -0.4 is 5.32 Å². The summed E-state index contributed by atoms with van der Waals surface area (Å²) < 4.78 is 4.68. The first-order chi connectivity index (χ1) is 7.67. The number of rotatable bonds is 5.